The first-order valence-corrected chi connectivity index (χ1v) is 7.76. The van der Waals surface area contributed by atoms with Crippen LogP contribution in [0.2, 0.25) is 0 Å². The topological polar surface area (TPSA) is 49.6 Å². The number of carbonyl (C=O) groups excluding carboxylic acids is 1. The van der Waals surface area contributed by atoms with Gasteiger partial charge in [-0.05, 0) is 39.0 Å². The minimum absolute atomic E-state index is 0.0577. The van der Waals surface area contributed by atoms with E-state index >= 15 is 0 Å². The van der Waals surface area contributed by atoms with E-state index in [1.165, 1.54) is 25.7 Å². The molecule has 1 aliphatic heterocycles. The summed E-state index contributed by atoms with van der Waals surface area (Å²) in [4.78, 5) is 11.6. The molecule has 2 atom stereocenters. The van der Waals surface area contributed by atoms with E-state index in [0.717, 1.165) is 38.6 Å². The van der Waals surface area contributed by atoms with Crippen molar-refractivity contribution in [2.45, 2.75) is 84.0 Å². The minimum Gasteiger partial charge on any atom is -0.431 e. The normalized spacial score (nSPS) is 20.8. The van der Waals surface area contributed by atoms with Gasteiger partial charge in [-0.2, -0.15) is 0 Å². The molecule has 0 saturated carbocycles. The molecular weight excluding hydrogens is 242 g/mol. The van der Waals surface area contributed by atoms with Gasteiger partial charge in [-0.1, -0.05) is 32.6 Å². The molecule has 2 unspecified atom stereocenters. The molecule has 0 aliphatic carbocycles. The Balaban J connectivity index is 2.03. The Morgan fingerprint density at radius 1 is 1.26 bits per heavy atom. The van der Waals surface area contributed by atoms with Crippen LogP contribution in [0.25, 0.3) is 0 Å². The Labute approximate surface area is 117 Å². The Bertz CT molecular complexity index is 240. The predicted octanol–water partition coefficient (Wildman–Crippen LogP) is 4.00. The fourth-order valence-electron chi connectivity index (χ4n) is 2.25. The lowest BCUT2D eigenvalue weighted by molar-refractivity contribution is -0.0176. The highest BCUT2D eigenvalue weighted by Crippen LogP contribution is 2.13. The zero-order valence-electron chi connectivity index (χ0n) is 12.4. The molecule has 0 spiro atoms. The van der Waals surface area contributed by atoms with E-state index < -0.39 is 6.16 Å². The molecule has 111 valence electrons. The van der Waals surface area contributed by atoms with Gasteiger partial charge in [0.05, 0.1) is 0 Å². The molecule has 4 heteroatoms. The molecular formula is C15H28NO3. The quantitative estimate of drug-likeness (QED) is 0.494. The lowest BCUT2D eigenvalue weighted by Gasteiger charge is -2.22. The van der Waals surface area contributed by atoms with Crippen molar-refractivity contribution >= 4 is 6.16 Å². The monoisotopic (exact) mass is 270 g/mol. The van der Waals surface area contributed by atoms with Gasteiger partial charge in [0.25, 0.3) is 0 Å². The lowest BCUT2D eigenvalue weighted by Crippen LogP contribution is -2.33. The lowest BCUT2D eigenvalue weighted by atomic mass is 10.1. The smallest absolute Gasteiger partial charge is 0.431 e. The summed E-state index contributed by atoms with van der Waals surface area (Å²) >= 11 is 0. The summed E-state index contributed by atoms with van der Waals surface area (Å²) < 4.78 is 10.4. The van der Waals surface area contributed by atoms with Gasteiger partial charge in [-0.3, -0.25) is 0 Å². The third kappa shape index (κ3) is 8.09. The first-order valence-electron chi connectivity index (χ1n) is 7.76. The highest BCUT2D eigenvalue weighted by molar-refractivity contribution is 5.60. The SMILES string of the molecule is CCCCCCCC(C)OC(=O)OC1CCCC[N]1. The molecule has 1 rings (SSSR count). The van der Waals surface area contributed by atoms with Gasteiger partial charge in [0.2, 0.25) is 0 Å². The first kappa shape index (κ1) is 16.3. The molecule has 0 aromatic heterocycles. The maximum Gasteiger partial charge on any atom is 0.510 e. The third-order valence-corrected chi connectivity index (χ3v) is 3.44. The van der Waals surface area contributed by atoms with E-state index in [0.29, 0.717) is 0 Å². The Hall–Kier alpha value is -0.770. The average Bonchev–Trinajstić information content (AvgIpc) is 2.39. The van der Waals surface area contributed by atoms with Crippen molar-refractivity contribution in [2.24, 2.45) is 0 Å². The van der Waals surface area contributed by atoms with E-state index in [2.05, 4.69) is 12.2 Å². The van der Waals surface area contributed by atoms with Crippen LogP contribution in [0.15, 0.2) is 0 Å². The number of rotatable bonds is 8. The maximum absolute atomic E-state index is 11.6. The van der Waals surface area contributed by atoms with Crippen LogP contribution in [0.1, 0.15) is 71.6 Å². The Morgan fingerprint density at radius 2 is 2.05 bits per heavy atom. The largest absolute Gasteiger partial charge is 0.510 e. The predicted molar refractivity (Wildman–Crippen MR) is 75.0 cm³/mol. The fraction of sp³-hybridized carbons (Fsp3) is 0.933. The van der Waals surface area contributed by atoms with Crippen LogP contribution in [0, 0.1) is 0 Å². The van der Waals surface area contributed by atoms with Crippen LogP contribution in [-0.2, 0) is 9.47 Å². The van der Waals surface area contributed by atoms with Crippen molar-refractivity contribution < 1.29 is 14.3 Å². The maximum atomic E-state index is 11.6. The van der Waals surface area contributed by atoms with Crippen molar-refractivity contribution in [3.63, 3.8) is 0 Å². The molecule has 1 aliphatic rings. The summed E-state index contributed by atoms with van der Waals surface area (Å²) in [6.07, 6.45) is 9.18. The number of ether oxygens (including phenoxy) is 2. The molecule has 4 nitrogen and oxygen atoms in total. The van der Waals surface area contributed by atoms with Gasteiger partial charge < -0.3 is 9.47 Å². The Morgan fingerprint density at radius 3 is 2.74 bits per heavy atom. The number of carbonyl (C=O) groups is 1. The van der Waals surface area contributed by atoms with Crippen LogP contribution in [0.5, 0.6) is 0 Å². The second kappa shape index (κ2) is 10.1. The van der Waals surface area contributed by atoms with Crippen molar-refractivity contribution in [1.29, 1.82) is 0 Å². The van der Waals surface area contributed by atoms with Gasteiger partial charge in [-0.25, -0.2) is 10.1 Å². The number of nitrogens with zero attached hydrogens (tertiary/aromatic N) is 1. The molecule has 1 saturated heterocycles. The molecule has 1 fully saturated rings. The van der Waals surface area contributed by atoms with E-state index in [4.69, 9.17) is 9.47 Å². The van der Waals surface area contributed by atoms with Crippen LogP contribution in [0.4, 0.5) is 4.79 Å². The number of piperidine rings is 1. The second-order valence-corrected chi connectivity index (χ2v) is 5.36. The van der Waals surface area contributed by atoms with Gasteiger partial charge in [0.1, 0.15) is 6.10 Å². The second-order valence-electron chi connectivity index (χ2n) is 5.36. The van der Waals surface area contributed by atoms with Crippen LogP contribution in [-0.4, -0.2) is 25.0 Å². The van der Waals surface area contributed by atoms with Crippen LogP contribution < -0.4 is 5.32 Å². The first-order chi connectivity index (χ1) is 9.22. The van der Waals surface area contributed by atoms with Gasteiger partial charge in [0, 0.05) is 6.54 Å². The summed E-state index contributed by atoms with van der Waals surface area (Å²) in [5, 5.41) is 4.25. The molecule has 1 radical (unpaired) electrons. The molecule has 0 amide bonds. The summed E-state index contributed by atoms with van der Waals surface area (Å²) in [6, 6.07) is 0. The number of unbranched alkanes of at least 4 members (excludes halogenated alkanes) is 4. The number of hydrogen-bond acceptors (Lipinski definition) is 3. The average molecular weight is 270 g/mol. The summed E-state index contributed by atoms with van der Waals surface area (Å²) in [5.41, 5.74) is 0. The zero-order valence-corrected chi connectivity index (χ0v) is 12.4. The molecule has 0 aromatic rings. The summed E-state index contributed by atoms with van der Waals surface area (Å²) in [7, 11) is 0. The van der Waals surface area contributed by atoms with Crippen molar-refractivity contribution in [1.82, 2.24) is 5.32 Å². The summed E-state index contributed by atoms with van der Waals surface area (Å²) in [5.74, 6) is 0. The highest BCUT2D eigenvalue weighted by atomic mass is 16.7. The fourth-order valence-corrected chi connectivity index (χ4v) is 2.25. The van der Waals surface area contributed by atoms with Gasteiger partial charge >= 0.3 is 6.16 Å². The van der Waals surface area contributed by atoms with Crippen molar-refractivity contribution in [2.75, 3.05) is 6.54 Å². The van der Waals surface area contributed by atoms with Crippen LogP contribution >= 0.6 is 0 Å². The van der Waals surface area contributed by atoms with E-state index in [1.54, 1.807) is 0 Å². The molecule has 0 bridgehead atoms. The van der Waals surface area contributed by atoms with E-state index in [1.807, 2.05) is 6.92 Å². The molecule has 19 heavy (non-hydrogen) atoms. The van der Waals surface area contributed by atoms with Gasteiger partial charge in [0.15, 0.2) is 6.23 Å². The molecule has 0 N–H and O–H groups in total. The van der Waals surface area contributed by atoms with Gasteiger partial charge in [-0.15, -0.1) is 0 Å². The van der Waals surface area contributed by atoms with Crippen molar-refractivity contribution in [3.8, 4) is 0 Å². The molecule has 0 aromatic carbocycles. The third-order valence-electron chi connectivity index (χ3n) is 3.44. The van der Waals surface area contributed by atoms with E-state index in [9.17, 15) is 4.79 Å². The summed E-state index contributed by atoms with van der Waals surface area (Å²) in [6.45, 7) is 4.93. The van der Waals surface area contributed by atoms with Crippen LogP contribution in [0.3, 0.4) is 0 Å². The minimum atomic E-state index is -0.559. The molecule has 1 heterocycles. The number of hydrogen-bond donors (Lipinski definition) is 0. The van der Waals surface area contributed by atoms with E-state index in [-0.39, 0.29) is 12.3 Å². The Kier molecular flexibility index (Phi) is 8.63. The standard InChI is InChI=1S/C15H28NO3/c1-3-4-5-6-7-10-13(2)18-15(17)19-14-11-8-9-12-16-14/h13-14H,3-12H2,1-2H3. The van der Waals surface area contributed by atoms with Crippen molar-refractivity contribution in [3.05, 3.63) is 0 Å². The zero-order chi connectivity index (χ0) is 13.9. The highest BCUT2D eigenvalue weighted by Gasteiger charge is 2.20.